The number of benzene rings is 1. The maximum absolute atomic E-state index is 12.7. The van der Waals surface area contributed by atoms with E-state index in [0.29, 0.717) is 17.9 Å². The summed E-state index contributed by atoms with van der Waals surface area (Å²) in [7, 11) is 3.13. The van der Waals surface area contributed by atoms with Crippen molar-refractivity contribution >= 4 is 17.8 Å². The molecule has 1 aliphatic heterocycles. The van der Waals surface area contributed by atoms with E-state index in [9.17, 15) is 14.4 Å². The zero-order valence-corrected chi connectivity index (χ0v) is 17.7. The highest BCUT2D eigenvalue weighted by molar-refractivity contribution is 6.05. The first-order valence-electron chi connectivity index (χ1n) is 10.6. The number of rotatable bonds is 8. The molecule has 2 N–H and O–H groups in total. The lowest BCUT2D eigenvalue weighted by molar-refractivity contribution is -0.131. The van der Waals surface area contributed by atoms with Gasteiger partial charge < -0.3 is 20.1 Å². The summed E-state index contributed by atoms with van der Waals surface area (Å²) in [6, 6.07) is 4.42. The SMILES string of the molecule is COc1ccc(CCN2C(=O)N[C@@H](CC(=O)NC3CCCCCC3)C2=O)cc1OC. The molecule has 1 aromatic rings. The first kappa shape index (κ1) is 21.9. The number of nitrogens with one attached hydrogen (secondary N) is 2. The number of urea groups is 1. The molecule has 0 bridgehead atoms. The topological polar surface area (TPSA) is 97.0 Å². The van der Waals surface area contributed by atoms with Crippen LogP contribution in [0.4, 0.5) is 4.79 Å². The van der Waals surface area contributed by atoms with Gasteiger partial charge in [0.2, 0.25) is 5.91 Å². The van der Waals surface area contributed by atoms with Crippen LogP contribution in [0.1, 0.15) is 50.5 Å². The van der Waals surface area contributed by atoms with Gasteiger partial charge >= 0.3 is 6.03 Å². The number of nitrogens with zero attached hydrogens (tertiary/aromatic N) is 1. The van der Waals surface area contributed by atoms with Gasteiger partial charge in [0, 0.05) is 12.6 Å². The third-order valence-corrected chi connectivity index (χ3v) is 5.79. The van der Waals surface area contributed by atoms with Crippen molar-refractivity contribution in [2.45, 2.75) is 63.5 Å². The smallest absolute Gasteiger partial charge is 0.324 e. The zero-order valence-electron chi connectivity index (χ0n) is 17.7. The zero-order chi connectivity index (χ0) is 21.5. The number of hydrogen-bond donors (Lipinski definition) is 2. The molecule has 3 rings (SSSR count). The number of hydrogen-bond acceptors (Lipinski definition) is 5. The molecule has 2 fully saturated rings. The minimum absolute atomic E-state index is 0.0199. The van der Waals surface area contributed by atoms with Crippen molar-refractivity contribution < 1.29 is 23.9 Å². The maximum atomic E-state index is 12.7. The van der Waals surface area contributed by atoms with Crippen LogP contribution in [-0.4, -0.2) is 55.6 Å². The maximum Gasteiger partial charge on any atom is 0.324 e. The lowest BCUT2D eigenvalue weighted by Crippen LogP contribution is -2.40. The second-order valence-electron chi connectivity index (χ2n) is 7.89. The van der Waals surface area contributed by atoms with Crippen molar-refractivity contribution in [1.29, 1.82) is 0 Å². The van der Waals surface area contributed by atoms with Crippen LogP contribution in [0.3, 0.4) is 0 Å². The molecule has 1 aliphatic carbocycles. The third kappa shape index (κ3) is 5.43. The fraction of sp³-hybridized carbons (Fsp3) is 0.591. The predicted octanol–water partition coefficient (Wildman–Crippen LogP) is 2.40. The van der Waals surface area contributed by atoms with Crippen molar-refractivity contribution in [3.63, 3.8) is 0 Å². The van der Waals surface area contributed by atoms with Gasteiger partial charge in [-0.15, -0.1) is 0 Å². The van der Waals surface area contributed by atoms with Crippen LogP contribution in [-0.2, 0) is 16.0 Å². The van der Waals surface area contributed by atoms with E-state index in [0.717, 1.165) is 31.2 Å². The Morgan fingerprint density at radius 1 is 1.10 bits per heavy atom. The monoisotopic (exact) mass is 417 g/mol. The molecule has 2 aliphatic rings. The van der Waals surface area contributed by atoms with Gasteiger partial charge in [0.15, 0.2) is 11.5 Å². The molecule has 1 heterocycles. The van der Waals surface area contributed by atoms with E-state index >= 15 is 0 Å². The molecule has 1 aromatic carbocycles. The first-order chi connectivity index (χ1) is 14.5. The molecule has 1 saturated heterocycles. The molecule has 1 atom stereocenters. The lowest BCUT2D eigenvalue weighted by Gasteiger charge is -2.17. The molecule has 0 aromatic heterocycles. The van der Waals surface area contributed by atoms with E-state index in [1.54, 1.807) is 20.3 Å². The second-order valence-corrected chi connectivity index (χ2v) is 7.89. The van der Waals surface area contributed by atoms with E-state index in [1.807, 2.05) is 12.1 Å². The van der Waals surface area contributed by atoms with E-state index in [-0.39, 0.29) is 30.8 Å². The van der Waals surface area contributed by atoms with Gasteiger partial charge in [-0.05, 0) is 37.0 Å². The minimum Gasteiger partial charge on any atom is -0.493 e. The van der Waals surface area contributed by atoms with Gasteiger partial charge in [-0.2, -0.15) is 0 Å². The van der Waals surface area contributed by atoms with E-state index < -0.39 is 12.1 Å². The van der Waals surface area contributed by atoms with Crippen molar-refractivity contribution in [2.24, 2.45) is 0 Å². The number of methoxy groups -OCH3 is 2. The molecule has 8 heteroatoms. The van der Waals surface area contributed by atoms with E-state index in [4.69, 9.17) is 9.47 Å². The Morgan fingerprint density at radius 2 is 1.80 bits per heavy atom. The van der Waals surface area contributed by atoms with Gasteiger partial charge in [-0.1, -0.05) is 31.7 Å². The summed E-state index contributed by atoms with van der Waals surface area (Å²) in [6.45, 7) is 0.237. The molecular weight excluding hydrogens is 386 g/mol. The summed E-state index contributed by atoms with van der Waals surface area (Å²) in [5, 5.41) is 5.67. The highest BCUT2D eigenvalue weighted by atomic mass is 16.5. The highest BCUT2D eigenvalue weighted by Gasteiger charge is 2.38. The summed E-state index contributed by atoms with van der Waals surface area (Å²) in [5.74, 6) is 0.690. The van der Waals surface area contributed by atoms with E-state index in [1.165, 1.54) is 17.7 Å². The Labute approximate surface area is 177 Å². The molecule has 4 amide bonds. The molecule has 1 saturated carbocycles. The average molecular weight is 418 g/mol. The summed E-state index contributed by atoms with van der Waals surface area (Å²) in [4.78, 5) is 38.5. The standard InChI is InChI=1S/C22H31N3O5/c1-29-18-10-9-15(13-19(18)30-2)11-12-25-21(27)17(24-22(25)28)14-20(26)23-16-7-5-3-4-6-8-16/h9-10,13,16-17H,3-8,11-12,14H2,1-2H3,(H,23,26)(H,24,28)/t17-/m0/s1. The number of carbonyl (C=O) groups excluding carboxylic acids is 3. The van der Waals surface area contributed by atoms with Gasteiger partial charge in [0.1, 0.15) is 6.04 Å². The second kappa shape index (κ2) is 10.3. The van der Waals surface area contributed by atoms with Crippen molar-refractivity contribution in [3.05, 3.63) is 23.8 Å². The Hall–Kier alpha value is -2.77. The van der Waals surface area contributed by atoms with Crippen LogP contribution >= 0.6 is 0 Å². The highest BCUT2D eigenvalue weighted by Crippen LogP contribution is 2.28. The number of ether oxygens (including phenoxy) is 2. The number of carbonyl (C=O) groups is 3. The summed E-state index contributed by atoms with van der Waals surface area (Å²) < 4.78 is 10.5. The van der Waals surface area contributed by atoms with Crippen LogP contribution in [0.5, 0.6) is 11.5 Å². The summed E-state index contributed by atoms with van der Waals surface area (Å²) in [5.41, 5.74) is 0.919. The first-order valence-corrected chi connectivity index (χ1v) is 10.6. The van der Waals surface area contributed by atoms with Crippen LogP contribution in [0.2, 0.25) is 0 Å². The van der Waals surface area contributed by atoms with Crippen LogP contribution < -0.4 is 20.1 Å². The molecule has 164 valence electrons. The van der Waals surface area contributed by atoms with Gasteiger partial charge in [-0.25, -0.2) is 4.79 Å². The molecule has 0 unspecified atom stereocenters. The third-order valence-electron chi connectivity index (χ3n) is 5.79. The van der Waals surface area contributed by atoms with Gasteiger partial charge in [-0.3, -0.25) is 14.5 Å². The van der Waals surface area contributed by atoms with E-state index in [2.05, 4.69) is 10.6 Å². The largest absolute Gasteiger partial charge is 0.493 e. The Morgan fingerprint density at radius 3 is 2.47 bits per heavy atom. The number of amides is 4. The quantitative estimate of drug-likeness (QED) is 0.500. The molecular formula is C22H31N3O5. The van der Waals surface area contributed by atoms with Crippen molar-refractivity contribution in [2.75, 3.05) is 20.8 Å². The normalized spacial score (nSPS) is 19.9. The van der Waals surface area contributed by atoms with Crippen LogP contribution in [0.15, 0.2) is 18.2 Å². The lowest BCUT2D eigenvalue weighted by atomic mass is 10.1. The predicted molar refractivity (Wildman–Crippen MR) is 112 cm³/mol. The summed E-state index contributed by atoms with van der Waals surface area (Å²) in [6.07, 6.45) is 7.08. The van der Waals surface area contributed by atoms with Crippen LogP contribution in [0, 0.1) is 0 Å². The van der Waals surface area contributed by atoms with Crippen molar-refractivity contribution in [1.82, 2.24) is 15.5 Å². The fourth-order valence-electron chi connectivity index (χ4n) is 4.10. The van der Waals surface area contributed by atoms with Gasteiger partial charge in [0.25, 0.3) is 5.91 Å². The van der Waals surface area contributed by atoms with Crippen molar-refractivity contribution in [3.8, 4) is 11.5 Å². The van der Waals surface area contributed by atoms with Gasteiger partial charge in [0.05, 0.1) is 20.6 Å². The minimum atomic E-state index is -0.798. The molecule has 0 radical (unpaired) electrons. The Balaban J connectivity index is 1.52. The fourth-order valence-corrected chi connectivity index (χ4v) is 4.10. The Kier molecular flexibility index (Phi) is 7.54. The number of imide groups is 1. The molecule has 8 nitrogen and oxygen atoms in total. The average Bonchev–Trinajstić information content (AvgIpc) is 2.91. The molecule has 30 heavy (non-hydrogen) atoms. The van der Waals surface area contributed by atoms with Crippen LogP contribution in [0.25, 0.3) is 0 Å². The summed E-state index contributed by atoms with van der Waals surface area (Å²) >= 11 is 0. The molecule has 0 spiro atoms. The Bertz CT molecular complexity index is 774.